The highest BCUT2D eigenvalue weighted by Crippen LogP contribution is 2.43. The largest absolute Gasteiger partial charge is 0.368 e. The number of aromatic nitrogens is 2. The standard InChI is InChI=1S/C18H22N4O2/c1-13-10-20-16(17(24)22(13)11-15(19)23)21-12-18(8-5-9-18)14-6-3-2-4-7-14/h2-4,6-7,10H,5,8-9,11-12H2,1H3,(H2,19,23)(H,20,21). The molecule has 2 aromatic rings. The summed E-state index contributed by atoms with van der Waals surface area (Å²) in [5.74, 6) is -0.277. The van der Waals surface area contributed by atoms with E-state index in [9.17, 15) is 9.59 Å². The van der Waals surface area contributed by atoms with Crippen molar-refractivity contribution >= 4 is 11.7 Å². The topological polar surface area (TPSA) is 90.0 Å². The van der Waals surface area contributed by atoms with Crippen LogP contribution in [0.25, 0.3) is 0 Å². The lowest BCUT2D eigenvalue weighted by atomic mass is 9.64. The number of nitrogens with zero attached hydrogens (tertiary/aromatic N) is 2. The summed E-state index contributed by atoms with van der Waals surface area (Å²) >= 11 is 0. The van der Waals surface area contributed by atoms with Gasteiger partial charge in [0.25, 0.3) is 5.56 Å². The predicted molar refractivity (Wildman–Crippen MR) is 92.9 cm³/mol. The average molecular weight is 326 g/mol. The highest BCUT2D eigenvalue weighted by Gasteiger charge is 2.38. The van der Waals surface area contributed by atoms with Gasteiger partial charge in [-0.3, -0.25) is 14.2 Å². The zero-order valence-electron chi connectivity index (χ0n) is 13.8. The quantitative estimate of drug-likeness (QED) is 0.843. The van der Waals surface area contributed by atoms with E-state index < -0.39 is 5.91 Å². The fourth-order valence-corrected chi connectivity index (χ4v) is 3.26. The van der Waals surface area contributed by atoms with Gasteiger partial charge < -0.3 is 11.1 Å². The number of hydrogen-bond donors (Lipinski definition) is 2. The number of benzene rings is 1. The maximum Gasteiger partial charge on any atom is 0.293 e. The summed E-state index contributed by atoms with van der Waals surface area (Å²) < 4.78 is 1.35. The highest BCUT2D eigenvalue weighted by molar-refractivity contribution is 5.73. The summed E-state index contributed by atoms with van der Waals surface area (Å²) in [7, 11) is 0. The molecule has 1 aliphatic rings. The Bertz CT molecular complexity index is 794. The van der Waals surface area contributed by atoms with E-state index in [1.54, 1.807) is 13.1 Å². The molecule has 1 aliphatic carbocycles. The molecule has 1 aromatic carbocycles. The molecule has 6 nitrogen and oxygen atoms in total. The second-order valence-electron chi connectivity index (χ2n) is 6.46. The molecule has 1 amide bonds. The van der Waals surface area contributed by atoms with Gasteiger partial charge in [0.1, 0.15) is 6.54 Å². The van der Waals surface area contributed by atoms with Crippen molar-refractivity contribution in [1.29, 1.82) is 0 Å². The Hall–Kier alpha value is -2.63. The molecule has 1 fully saturated rings. The molecule has 3 N–H and O–H groups in total. The first-order chi connectivity index (χ1) is 11.5. The highest BCUT2D eigenvalue weighted by atomic mass is 16.2. The van der Waals surface area contributed by atoms with Crippen molar-refractivity contribution < 1.29 is 4.79 Å². The number of amides is 1. The third-order valence-electron chi connectivity index (χ3n) is 4.86. The van der Waals surface area contributed by atoms with Crippen LogP contribution in [0.1, 0.15) is 30.5 Å². The molecule has 1 aromatic heterocycles. The van der Waals surface area contributed by atoms with Crippen molar-refractivity contribution in [2.45, 2.75) is 38.1 Å². The van der Waals surface area contributed by atoms with Gasteiger partial charge in [0.05, 0.1) is 0 Å². The van der Waals surface area contributed by atoms with Crippen LogP contribution in [-0.2, 0) is 16.8 Å². The lowest BCUT2D eigenvalue weighted by molar-refractivity contribution is -0.118. The minimum Gasteiger partial charge on any atom is -0.368 e. The van der Waals surface area contributed by atoms with E-state index in [4.69, 9.17) is 5.73 Å². The monoisotopic (exact) mass is 326 g/mol. The van der Waals surface area contributed by atoms with Gasteiger partial charge in [-0.25, -0.2) is 4.98 Å². The van der Waals surface area contributed by atoms with Crippen molar-refractivity contribution in [2.75, 3.05) is 11.9 Å². The molecule has 0 atom stereocenters. The predicted octanol–water partition coefficient (Wildman–Crippen LogP) is 1.57. The van der Waals surface area contributed by atoms with Crippen molar-refractivity contribution in [2.24, 2.45) is 5.73 Å². The average Bonchev–Trinajstić information content (AvgIpc) is 2.53. The summed E-state index contributed by atoms with van der Waals surface area (Å²) in [6.07, 6.45) is 4.95. The van der Waals surface area contributed by atoms with Crippen molar-refractivity contribution in [3.8, 4) is 0 Å². The molecule has 0 radical (unpaired) electrons. The van der Waals surface area contributed by atoms with Crippen molar-refractivity contribution in [3.05, 3.63) is 58.1 Å². The molecular weight excluding hydrogens is 304 g/mol. The maximum atomic E-state index is 12.5. The van der Waals surface area contributed by atoms with Crippen LogP contribution < -0.4 is 16.6 Å². The second kappa shape index (κ2) is 6.47. The van der Waals surface area contributed by atoms with Crippen LogP contribution in [-0.4, -0.2) is 22.0 Å². The zero-order chi connectivity index (χ0) is 17.2. The summed E-state index contributed by atoms with van der Waals surface area (Å²) in [6, 6.07) is 10.4. The number of carbonyl (C=O) groups is 1. The first-order valence-electron chi connectivity index (χ1n) is 8.16. The van der Waals surface area contributed by atoms with Crippen LogP contribution in [0.2, 0.25) is 0 Å². The van der Waals surface area contributed by atoms with Crippen molar-refractivity contribution in [3.63, 3.8) is 0 Å². The minimum atomic E-state index is -0.544. The third kappa shape index (κ3) is 3.04. The number of anilines is 1. The van der Waals surface area contributed by atoms with E-state index in [-0.39, 0.29) is 23.3 Å². The van der Waals surface area contributed by atoms with Crippen LogP contribution in [0.5, 0.6) is 0 Å². The summed E-state index contributed by atoms with van der Waals surface area (Å²) in [6.45, 7) is 2.25. The smallest absolute Gasteiger partial charge is 0.293 e. The van der Waals surface area contributed by atoms with Crippen LogP contribution in [0.15, 0.2) is 41.3 Å². The summed E-state index contributed by atoms with van der Waals surface area (Å²) in [4.78, 5) is 27.9. The Morgan fingerprint density at radius 1 is 1.33 bits per heavy atom. The number of nitrogens with one attached hydrogen (secondary N) is 1. The normalized spacial score (nSPS) is 15.5. The zero-order valence-corrected chi connectivity index (χ0v) is 13.8. The SMILES string of the molecule is Cc1cnc(NCC2(c3ccccc3)CCC2)c(=O)n1CC(N)=O. The van der Waals surface area contributed by atoms with E-state index in [1.165, 1.54) is 16.6 Å². The number of aryl methyl sites for hydroxylation is 1. The van der Waals surface area contributed by atoms with Crippen LogP contribution in [0, 0.1) is 6.92 Å². The van der Waals surface area contributed by atoms with E-state index >= 15 is 0 Å². The molecule has 1 heterocycles. The molecule has 126 valence electrons. The molecule has 0 unspecified atom stereocenters. The van der Waals surface area contributed by atoms with Crippen LogP contribution >= 0.6 is 0 Å². The fourth-order valence-electron chi connectivity index (χ4n) is 3.26. The molecular formula is C18H22N4O2. The molecule has 0 bridgehead atoms. The maximum absolute atomic E-state index is 12.5. The van der Waals surface area contributed by atoms with Crippen LogP contribution in [0.3, 0.4) is 0 Å². The number of rotatable bonds is 6. The van der Waals surface area contributed by atoms with Gasteiger partial charge >= 0.3 is 0 Å². The number of nitrogens with two attached hydrogens (primary N) is 1. The molecule has 0 saturated heterocycles. The van der Waals surface area contributed by atoms with E-state index in [2.05, 4.69) is 22.4 Å². The molecule has 3 rings (SSSR count). The van der Waals surface area contributed by atoms with Crippen molar-refractivity contribution in [1.82, 2.24) is 9.55 Å². The lowest BCUT2D eigenvalue weighted by Gasteiger charge is -2.42. The molecule has 24 heavy (non-hydrogen) atoms. The fraction of sp³-hybridized carbons (Fsp3) is 0.389. The third-order valence-corrected chi connectivity index (χ3v) is 4.86. The molecule has 1 saturated carbocycles. The van der Waals surface area contributed by atoms with Gasteiger partial charge in [0, 0.05) is 23.9 Å². The lowest BCUT2D eigenvalue weighted by Crippen LogP contribution is -2.42. The van der Waals surface area contributed by atoms with Gasteiger partial charge in [-0.05, 0) is 25.3 Å². The first-order valence-corrected chi connectivity index (χ1v) is 8.16. The van der Waals surface area contributed by atoms with Crippen LogP contribution in [0.4, 0.5) is 5.82 Å². The number of primary amides is 1. The van der Waals surface area contributed by atoms with Gasteiger partial charge in [0.2, 0.25) is 5.91 Å². The second-order valence-corrected chi connectivity index (χ2v) is 6.46. The van der Waals surface area contributed by atoms with Gasteiger partial charge in [-0.1, -0.05) is 36.8 Å². The summed E-state index contributed by atoms with van der Waals surface area (Å²) in [5, 5.41) is 3.20. The Morgan fingerprint density at radius 3 is 2.62 bits per heavy atom. The Kier molecular flexibility index (Phi) is 4.38. The number of carbonyl (C=O) groups excluding carboxylic acids is 1. The minimum absolute atomic E-state index is 0.0504. The van der Waals surface area contributed by atoms with E-state index in [0.29, 0.717) is 12.2 Å². The number of hydrogen-bond acceptors (Lipinski definition) is 4. The molecule has 6 heteroatoms. The van der Waals surface area contributed by atoms with Gasteiger partial charge in [0.15, 0.2) is 5.82 Å². The Morgan fingerprint density at radius 2 is 2.04 bits per heavy atom. The Labute approximate surface area is 140 Å². The molecule has 0 spiro atoms. The van der Waals surface area contributed by atoms with Gasteiger partial charge in [-0.2, -0.15) is 0 Å². The first kappa shape index (κ1) is 16.2. The Balaban J connectivity index is 1.82. The van der Waals surface area contributed by atoms with E-state index in [1.807, 2.05) is 18.2 Å². The molecule has 0 aliphatic heterocycles. The van der Waals surface area contributed by atoms with E-state index in [0.717, 1.165) is 12.8 Å². The summed E-state index contributed by atoms with van der Waals surface area (Å²) in [5.41, 5.74) is 6.87. The van der Waals surface area contributed by atoms with Gasteiger partial charge in [-0.15, -0.1) is 0 Å².